The molecule has 0 amide bonds. The van der Waals surface area contributed by atoms with Crippen molar-refractivity contribution in [2.45, 2.75) is 26.5 Å². The Balaban J connectivity index is 0.00000363. The number of guanidine groups is 1. The van der Waals surface area contributed by atoms with Crippen molar-refractivity contribution in [3.05, 3.63) is 64.5 Å². The first-order valence-electron chi connectivity index (χ1n) is 9.52. The number of benzene rings is 2. The first-order chi connectivity index (χ1) is 14.9. The van der Waals surface area contributed by atoms with Gasteiger partial charge in [-0.15, -0.1) is 24.0 Å². The number of alkyl halides is 2. The first kappa shape index (κ1) is 25.8. The van der Waals surface area contributed by atoms with E-state index in [2.05, 4.69) is 30.5 Å². The highest BCUT2D eigenvalue weighted by atomic mass is 127. The van der Waals surface area contributed by atoms with Crippen LogP contribution in [0, 0.1) is 6.92 Å². The molecular weight excluding hydrogens is 555 g/mol. The second-order valence-corrected chi connectivity index (χ2v) is 7.05. The van der Waals surface area contributed by atoms with Crippen LogP contribution in [0.15, 0.2) is 52.0 Å². The average molecular weight is 578 g/mol. The molecule has 1 heterocycles. The topological polar surface area (TPSA) is 84.6 Å². The SMILES string of the molecule is CN=C(NCCc1nc(-c2ccc(Cl)cc2)no1)NCc1cc(C)ccc1OC(F)F.I. The van der Waals surface area contributed by atoms with Crippen LogP contribution in [-0.2, 0) is 13.0 Å². The van der Waals surface area contributed by atoms with Crippen molar-refractivity contribution in [3.8, 4) is 17.1 Å². The summed E-state index contributed by atoms with van der Waals surface area (Å²) in [5.74, 6) is 1.59. The van der Waals surface area contributed by atoms with Crippen LogP contribution in [0.3, 0.4) is 0 Å². The third-order valence-corrected chi connectivity index (χ3v) is 4.56. The van der Waals surface area contributed by atoms with Crippen molar-refractivity contribution in [2.24, 2.45) is 4.99 Å². The molecule has 1 aromatic heterocycles. The normalized spacial score (nSPS) is 11.2. The maximum absolute atomic E-state index is 12.6. The van der Waals surface area contributed by atoms with Gasteiger partial charge in [-0.25, -0.2) is 0 Å². The van der Waals surface area contributed by atoms with Gasteiger partial charge in [0.1, 0.15) is 5.75 Å². The summed E-state index contributed by atoms with van der Waals surface area (Å²) >= 11 is 5.89. The molecule has 0 aliphatic heterocycles. The Morgan fingerprint density at radius 3 is 2.62 bits per heavy atom. The average Bonchev–Trinajstić information content (AvgIpc) is 3.21. The molecule has 32 heavy (non-hydrogen) atoms. The van der Waals surface area contributed by atoms with E-state index in [0.29, 0.717) is 41.2 Å². The zero-order valence-corrected chi connectivity index (χ0v) is 20.5. The smallest absolute Gasteiger partial charge is 0.387 e. The molecular formula is C21H23ClF2IN5O2. The van der Waals surface area contributed by atoms with Gasteiger partial charge in [0.05, 0.1) is 0 Å². The predicted octanol–water partition coefficient (Wildman–Crippen LogP) is 4.83. The first-order valence-corrected chi connectivity index (χ1v) is 9.90. The molecule has 0 atom stereocenters. The molecule has 0 radical (unpaired) electrons. The Labute approximate surface area is 206 Å². The van der Waals surface area contributed by atoms with E-state index in [-0.39, 0.29) is 36.3 Å². The predicted molar refractivity (Wildman–Crippen MR) is 130 cm³/mol. The maximum atomic E-state index is 12.6. The number of halogens is 4. The van der Waals surface area contributed by atoms with Gasteiger partial charge in [0.15, 0.2) is 5.96 Å². The largest absolute Gasteiger partial charge is 0.434 e. The van der Waals surface area contributed by atoms with Gasteiger partial charge in [-0.3, -0.25) is 4.99 Å². The van der Waals surface area contributed by atoms with Crippen LogP contribution in [0.5, 0.6) is 5.75 Å². The summed E-state index contributed by atoms with van der Waals surface area (Å²) in [4.78, 5) is 8.50. The Kier molecular flexibility index (Phi) is 10.1. The molecule has 7 nitrogen and oxygen atoms in total. The minimum Gasteiger partial charge on any atom is -0.434 e. The molecule has 0 spiro atoms. The van der Waals surface area contributed by atoms with Crippen molar-refractivity contribution in [3.63, 3.8) is 0 Å². The van der Waals surface area contributed by atoms with E-state index >= 15 is 0 Å². The van der Waals surface area contributed by atoms with Gasteiger partial charge in [-0.05, 0) is 37.3 Å². The standard InChI is InChI=1S/C21H22ClF2N5O2.HI/c1-13-3-8-17(30-20(23)24)15(11-13)12-27-21(25-2)26-10-9-18-28-19(29-31-18)14-4-6-16(22)7-5-14;/h3-8,11,20H,9-10,12H2,1-2H3,(H2,25,26,27);1H. The van der Waals surface area contributed by atoms with Gasteiger partial charge in [-0.1, -0.05) is 34.5 Å². The fourth-order valence-electron chi connectivity index (χ4n) is 2.82. The van der Waals surface area contributed by atoms with Gasteiger partial charge in [0.2, 0.25) is 11.7 Å². The lowest BCUT2D eigenvalue weighted by Crippen LogP contribution is -2.38. The van der Waals surface area contributed by atoms with Crippen molar-refractivity contribution in [2.75, 3.05) is 13.6 Å². The van der Waals surface area contributed by atoms with Crippen LogP contribution in [-0.4, -0.2) is 36.3 Å². The molecule has 0 fully saturated rings. The summed E-state index contributed by atoms with van der Waals surface area (Å²) in [7, 11) is 1.62. The van der Waals surface area contributed by atoms with Crippen LogP contribution in [0.1, 0.15) is 17.0 Å². The number of hydrogen-bond acceptors (Lipinski definition) is 5. The van der Waals surface area contributed by atoms with Gasteiger partial charge in [0, 0.05) is 42.7 Å². The summed E-state index contributed by atoms with van der Waals surface area (Å²) in [6.45, 7) is -0.252. The summed E-state index contributed by atoms with van der Waals surface area (Å²) in [6, 6.07) is 12.2. The number of hydrogen-bond donors (Lipinski definition) is 2. The lowest BCUT2D eigenvalue weighted by molar-refractivity contribution is -0.0504. The number of aliphatic imine (C=N–C) groups is 1. The Morgan fingerprint density at radius 1 is 1.19 bits per heavy atom. The summed E-state index contributed by atoms with van der Waals surface area (Å²) in [5.41, 5.74) is 2.35. The van der Waals surface area contributed by atoms with Crippen molar-refractivity contribution in [1.82, 2.24) is 20.8 Å². The van der Waals surface area contributed by atoms with Crippen LogP contribution in [0.2, 0.25) is 5.02 Å². The summed E-state index contributed by atoms with van der Waals surface area (Å²) in [6.07, 6.45) is 0.478. The summed E-state index contributed by atoms with van der Waals surface area (Å²) < 4.78 is 35.1. The van der Waals surface area contributed by atoms with Gasteiger partial charge in [-0.2, -0.15) is 13.8 Å². The summed E-state index contributed by atoms with van der Waals surface area (Å²) in [5, 5.41) is 10.8. The fraction of sp³-hybridized carbons (Fsp3) is 0.286. The molecule has 3 rings (SSSR count). The van der Waals surface area contributed by atoms with Crippen molar-refractivity contribution in [1.29, 1.82) is 0 Å². The molecule has 0 aliphatic rings. The third kappa shape index (κ3) is 7.59. The number of nitrogens with one attached hydrogen (secondary N) is 2. The lowest BCUT2D eigenvalue weighted by atomic mass is 10.1. The molecule has 0 bridgehead atoms. The number of nitrogens with zero attached hydrogens (tertiary/aromatic N) is 3. The van der Waals surface area contributed by atoms with Crippen LogP contribution in [0.4, 0.5) is 8.78 Å². The number of rotatable bonds is 8. The van der Waals surface area contributed by atoms with E-state index in [1.165, 1.54) is 6.07 Å². The van der Waals surface area contributed by atoms with Gasteiger partial charge in [0.25, 0.3) is 0 Å². The zero-order chi connectivity index (χ0) is 22.2. The zero-order valence-electron chi connectivity index (χ0n) is 17.4. The molecule has 11 heteroatoms. The number of ether oxygens (including phenoxy) is 1. The maximum Gasteiger partial charge on any atom is 0.387 e. The van der Waals surface area contributed by atoms with E-state index in [4.69, 9.17) is 16.1 Å². The van der Waals surface area contributed by atoms with E-state index in [1.54, 1.807) is 31.3 Å². The van der Waals surface area contributed by atoms with Crippen LogP contribution < -0.4 is 15.4 Å². The minimum absolute atomic E-state index is 0. The monoisotopic (exact) mass is 577 g/mol. The van der Waals surface area contributed by atoms with Crippen molar-refractivity contribution < 1.29 is 18.0 Å². The number of aryl methyl sites for hydroxylation is 1. The molecule has 0 saturated carbocycles. The number of aromatic nitrogens is 2. The second-order valence-electron chi connectivity index (χ2n) is 6.61. The Hall–Kier alpha value is -2.47. The Bertz CT molecular complexity index is 1030. The lowest BCUT2D eigenvalue weighted by Gasteiger charge is -2.15. The van der Waals surface area contributed by atoms with Crippen LogP contribution in [0.25, 0.3) is 11.4 Å². The van der Waals surface area contributed by atoms with Gasteiger partial charge >= 0.3 is 6.61 Å². The quantitative estimate of drug-likeness (QED) is 0.227. The molecule has 2 aromatic carbocycles. The third-order valence-electron chi connectivity index (χ3n) is 4.30. The van der Waals surface area contributed by atoms with E-state index in [0.717, 1.165) is 11.1 Å². The minimum atomic E-state index is -2.88. The van der Waals surface area contributed by atoms with Crippen LogP contribution >= 0.6 is 35.6 Å². The highest BCUT2D eigenvalue weighted by molar-refractivity contribution is 14.0. The van der Waals surface area contributed by atoms with Gasteiger partial charge < -0.3 is 19.9 Å². The second kappa shape index (κ2) is 12.5. The molecule has 172 valence electrons. The van der Waals surface area contributed by atoms with E-state index in [1.807, 2.05) is 19.1 Å². The molecule has 2 N–H and O–H groups in total. The molecule has 0 aliphatic carbocycles. The van der Waals surface area contributed by atoms with E-state index in [9.17, 15) is 8.78 Å². The van der Waals surface area contributed by atoms with Crippen molar-refractivity contribution >= 4 is 41.5 Å². The Morgan fingerprint density at radius 2 is 1.94 bits per heavy atom. The molecule has 0 saturated heterocycles. The molecule has 0 unspecified atom stereocenters. The highest BCUT2D eigenvalue weighted by Gasteiger charge is 2.11. The fourth-order valence-corrected chi connectivity index (χ4v) is 2.94. The molecule has 3 aromatic rings. The van der Waals surface area contributed by atoms with E-state index < -0.39 is 6.61 Å². The highest BCUT2D eigenvalue weighted by Crippen LogP contribution is 2.22.